The van der Waals surface area contributed by atoms with Gasteiger partial charge in [-0.3, -0.25) is 4.48 Å². The first kappa shape index (κ1) is 34.5. The average Bonchev–Trinajstić information content (AvgIpc) is 2.80. The van der Waals surface area contributed by atoms with E-state index in [1.165, 1.54) is 109 Å². The number of rotatable bonds is 26. The van der Waals surface area contributed by atoms with E-state index >= 15 is 0 Å². The predicted octanol–water partition coefficient (Wildman–Crippen LogP) is 9.84. The van der Waals surface area contributed by atoms with Gasteiger partial charge in [0, 0.05) is 12.8 Å². The van der Waals surface area contributed by atoms with Crippen molar-refractivity contribution in [2.24, 2.45) is 0 Å². The first-order chi connectivity index (χ1) is 16.8. The third-order valence-electron chi connectivity index (χ3n) is 7.63. The molecule has 0 amide bonds. The van der Waals surface area contributed by atoms with Gasteiger partial charge in [0.25, 0.3) is 5.28 Å². The zero-order valence-electron chi connectivity index (χ0n) is 24.2. The zero-order valence-corrected chi connectivity index (χ0v) is 25.1. The minimum absolute atomic E-state index is 0.519. The highest BCUT2D eigenvalue weighted by atomic mass is 31.1. The molecule has 0 saturated carbocycles. The fourth-order valence-corrected chi connectivity index (χ4v) is 6.44. The highest BCUT2D eigenvalue weighted by Gasteiger charge is 2.53. The normalized spacial score (nSPS) is 14.4. The van der Waals surface area contributed by atoms with Crippen LogP contribution in [-0.4, -0.2) is 30.9 Å². The Hall–Kier alpha value is -0.500. The molecule has 0 N–H and O–H groups in total. The summed E-state index contributed by atoms with van der Waals surface area (Å²) >= 11 is 0. The number of nitrogens with zero attached hydrogens (tertiary/aromatic N) is 1. The van der Waals surface area contributed by atoms with Crippen molar-refractivity contribution < 1.29 is 13.9 Å². The van der Waals surface area contributed by atoms with E-state index in [0.717, 1.165) is 32.1 Å². The van der Waals surface area contributed by atoms with Gasteiger partial charge in [0.15, 0.2) is 0 Å². The van der Waals surface area contributed by atoms with Crippen LogP contribution in [0.15, 0.2) is 24.8 Å². The number of allylic oxidation sites excluding steroid dienone is 3. The Morgan fingerprint density at radius 3 is 1.37 bits per heavy atom. The molecule has 0 rings (SSSR count). The summed E-state index contributed by atoms with van der Waals surface area (Å²) in [5.74, 6) is 0. The molecule has 0 aliphatic carbocycles. The van der Waals surface area contributed by atoms with Gasteiger partial charge in [-0.15, -0.1) is 6.58 Å². The van der Waals surface area contributed by atoms with Crippen LogP contribution in [0.2, 0.25) is 0 Å². The Balaban J connectivity index is 3.56. The summed E-state index contributed by atoms with van der Waals surface area (Å²) in [6.45, 7) is 5.88. The van der Waals surface area contributed by atoms with E-state index in [9.17, 15) is 9.46 Å². The van der Waals surface area contributed by atoms with Crippen molar-refractivity contribution in [3.05, 3.63) is 24.8 Å². The van der Waals surface area contributed by atoms with Crippen molar-refractivity contribution >= 4 is 8.03 Å². The van der Waals surface area contributed by atoms with Crippen LogP contribution >= 0.6 is 8.03 Å². The van der Waals surface area contributed by atoms with Gasteiger partial charge in [-0.05, 0) is 51.4 Å². The van der Waals surface area contributed by atoms with Gasteiger partial charge in [0.2, 0.25) is 0 Å². The van der Waals surface area contributed by atoms with Crippen LogP contribution in [0.5, 0.6) is 0 Å². The minimum atomic E-state index is -2.43. The van der Waals surface area contributed by atoms with Gasteiger partial charge >= 0.3 is 8.03 Å². The molecule has 0 bridgehead atoms. The largest absolute Gasteiger partial charge is 0.590 e. The maximum Gasteiger partial charge on any atom is 0.376 e. The third-order valence-corrected chi connectivity index (χ3v) is 9.36. The maximum absolute atomic E-state index is 12.1. The van der Waals surface area contributed by atoms with E-state index in [1.54, 1.807) is 0 Å². The predicted molar refractivity (Wildman–Crippen MR) is 155 cm³/mol. The molecular weight excluding hydrogens is 449 g/mol. The second-order valence-corrected chi connectivity index (χ2v) is 12.9. The number of unbranched alkanes of at least 4 members (excludes halogenated alkanes) is 17. The lowest BCUT2D eigenvalue weighted by Gasteiger charge is -2.39. The first-order valence-corrected chi connectivity index (χ1v) is 16.2. The minimum Gasteiger partial charge on any atom is -0.590 e. The van der Waals surface area contributed by atoms with Crippen LogP contribution in [0.1, 0.15) is 148 Å². The van der Waals surface area contributed by atoms with Crippen molar-refractivity contribution in [1.82, 2.24) is 0 Å². The lowest BCUT2D eigenvalue weighted by Crippen LogP contribution is -2.55. The van der Waals surface area contributed by atoms with Crippen molar-refractivity contribution in [1.29, 1.82) is 0 Å². The quantitative estimate of drug-likeness (QED) is 0.0503. The molecule has 206 valence electrons. The first-order valence-electron chi connectivity index (χ1n) is 15.0. The fraction of sp³-hybridized carbons (Fsp3) is 0.871. The molecule has 2 unspecified atom stereocenters. The summed E-state index contributed by atoms with van der Waals surface area (Å²) in [6.07, 6.45) is 34.1. The molecule has 0 spiro atoms. The third kappa shape index (κ3) is 17.6. The highest BCUT2D eigenvalue weighted by Crippen LogP contribution is 2.45. The highest BCUT2D eigenvalue weighted by molar-refractivity contribution is 7.38. The zero-order chi connectivity index (χ0) is 26.3. The Morgan fingerprint density at radius 2 is 1.03 bits per heavy atom. The van der Waals surface area contributed by atoms with Crippen LogP contribution in [-0.2, 0) is 4.57 Å². The Kier molecular flexibility index (Phi) is 22.4. The molecule has 2 atom stereocenters. The molecule has 3 nitrogen and oxygen atoms in total. The Bertz CT molecular complexity index is 541. The van der Waals surface area contributed by atoms with Gasteiger partial charge in [0.05, 0.1) is 21.1 Å². The second kappa shape index (κ2) is 22.7. The average molecular weight is 511 g/mol. The summed E-state index contributed by atoms with van der Waals surface area (Å²) in [6, 6.07) is 0. The lowest BCUT2D eigenvalue weighted by molar-refractivity contribution is -0.910. The van der Waals surface area contributed by atoms with Crippen molar-refractivity contribution in [3.63, 3.8) is 0 Å². The van der Waals surface area contributed by atoms with Gasteiger partial charge in [-0.25, -0.2) is 0 Å². The summed E-state index contributed by atoms with van der Waals surface area (Å²) in [5.41, 5.74) is 0. The summed E-state index contributed by atoms with van der Waals surface area (Å²) in [7, 11) is 3.68. The van der Waals surface area contributed by atoms with E-state index in [-0.39, 0.29) is 0 Å². The molecule has 0 aromatic heterocycles. The Morgan fingerprint density at radius 1 is 0.657 bits per heavy atom. The second-order valence-electron chi connectivity index (χ2n) is 11.5. The molecule has 0 fully saturated rings. The summed E-state index contributed by atoms with van der Waals surface area (Å²) in [4.78, 5) is 12.1. The molecule has 0 aromatic carbocycles. The maximum atomic E-state index is 12.1. The van der Waals surface area contributed by atoms with E-state index < -0.39 is 13.3 Å². The van der Waals surface area contributed by atoms with Crippen LogP contribution < -0.4 is 4.89 Å². The van der Waals surface area contributed by atoms with Crippen molar-refractivity contribution in [2.75, 3.05) is 21.1 Å². The van der Waals surface area contributed by atoms with Crippen LogP contribution in [0, 0.1) is 0 Å². The van der Waals surface area contributed by atoms with Gasteiger partial charge in [0.1, 0.15) is 0 Å². The number of hydrogen-bond acceptors (Lipinski definition) is 2. The molecule has 0 aliphatic rings. The van der Waals surface area contributed by atoms with E-state index in [0.29, 0.717) is 4.48 Å². The molecule has 0 aliphatic heterocycles. The molecule has 0 saturated heterocycles. The van der Waals surface area contributed by atoms with Gasteiger partial charge in [-0.2, -0.15) is 0 Å². The molecule has 0 radical (unpaired) electrons. The number of hydrogen-bond donors (Lipinski definition) is 0. The van der Waals surface area contributed by atoms with Crippen LogP contribution in [0.4, 0.5) is 0 Å². The standard InChI is InChI=1S/C31H61NO2P/c1-6-8-9-10-11-12-13-14-15-16-17-18-19-20-21-22-23-24-25-26-27-28-30-31(29-7-2,35(33)34)32(3,4)5/h6,18-19H,1,7-17,20-30H2,2-5H3/q+1/b19-18-. The lowest BCUT2D eigenvalue weighted by atomic mass is 9.99. The summed E-state index contributed by atoms with van der Waals surface area (Å²) < 4.78 is 12.6. The molecule has 4 heteroatoms. The van der Waals surface area contributed by atoms with Crippen molar-refractivity contribution in [2.45, 2.75) is 153 Å². The van der Waals surface area contributed by atoms with E-state index in [4.69, 9.17) is 0 Å². The number of quaternary nitrogens is 1. The Labute approximate surface area is 221 Å². The van der Waals surface area contributed by atoms with Crippen molar-refractivity contribution in [3.8, 4) is 0 Å². The SMILES string of the molecule is C=CCCCCCCCCCC/C=C\CCCCCCCCCCC(CCC)([P+](=O)[O-])[N+](C)(C)C. The molecular formula is C31H61NO2P+. The van der Waals surface area contributed by atoms with E-state index in [2.05, 4.69) is 25.7 Å². The van der Waals surface area contributed by atoms with Gasteiger partial charge < -0.3 is 4.89 Å². The van der Waals surface area contributed by atoms with E-state index in [1.807, 2.05) is 27.2 Å². The van der Waals surface area contributed by atoms with Crippen LogP contribution in [0.3, 0.4) is 0 Å². The van der Waals surface area contributed by atoms with Gasteiger partial charge in [-0.1, -0.05) is 107 Å². The molecule has 35 heavy (non-hydrogen) atoms. The molecule has 0 heterocycles. The molecule has 0 aromatic rings. The fourth-order valence-electron chi connectivity index (χ4n) is 5.20. The smallest absolute Gasteiger partial charge is 0.376 e. The monoisotopic (exact) mass is 510 g/mol. The van der Waals surface area contributed by atoms with Crippen LogP contribution in [0.25, 0.3) is 0 Å². The summed E-state index contributed by atoms with van der Waals surface area (Å²) in [5, 5.41) is -0.595. The topological polar surface area (TPSA) is 40.1 Å².